The fourth-order valence-electron chi connectivity index (χ4n) is 4.67. The second-order valence-corrected chi connectivity index (χ2v) is 11.7. The van der Waals surface area contributed by atoms with Crippen molar-refractivity contribution in [3.8, 4) is 11.5 Å². The van der Waals surface area contributed by atoms with Crippen molar-refractivity contribution in [2.24, 2.45) is 0 Å². The van der Waals surface area contributed by atoms with E-state index in [2.05, 4.69) is 15.4 Å². The molecule has 38 heavy (non-hydrogen) atoms. The summed E-state index contributed by atoms with van der Waals surface area (Å²) in [5.41, 5.74) is 2.13. The zero-order valence-corrected chi connectivity index (χ0v) is 22.3. The maximum Gasteiger partial charge on any atom is 0.255 e. The number of fused-ring (bicyclic) bond motifs is 2. The first kappa shape index (κ1) is 26.0. The molecule has 0 spiro atoms. The highest BCUT2D eigenvalue weighted by molar-refractivity contribution is 7.89. The topological polar surface area (TPSA) is 126 Å². The van der Waals surface area contributed by atoms with Gasteiger partial charge in [-0.25, -0.2) is 13.1 Å². The minimum absolute atomic E-state index is 0.104. The number of amides is 1. The van der Waals surface area contributed by atoms with Crippen molar-refractivity contribution >= 4 is 27.3 Å². The van der Waals surface area contributed by atoms with E-state index in [1.54, 1.807) is 74.5 Å². The van der Waals surface area contributed by atoms with Crippen LogP contribution in [-0.2, 0) is 16.4 Å². The first-order valence-electron chi connectivity index (χ1n) is 12.5. The van der Waals surface area contributed by atoms with E-state index in [-0.39, 0.29) is 10.8 Å². The van der Waals surface area contributed by atoms with E-state index in [1.165, 1.54) is 0 Å². The van der Waals surface area contributed by atoms with Gasteiger partial charge in [0.05, 0.1) is 22.6 Å². The summed E-state index contributed by atoms with van der Waals surface area (Å²) in [5, 5.41) is 17.3. The van der Waals surface area contributed by atoms with Crippen LogP contribution < -0.4 is 24.8 Å². The number of hydrogen-bond acceptors (Lipinski definition) is 7. The van der Waals surface area contributed by atoms with E-state index >= 15 is 0 Å². The molecule has 1 amide bonds. The predicted octanol–water partition coefficient (Wildman–Crippen LogP) is 3.86. The molecule has 0 saturated carbocycles. The van der Waals surface area contributed by atoms with Crippen LogP contribution in [0.25, 0.3) is 0 Å². The molecule has 2 heterocycles. The third-order valence-corrected chi connectivity index (χ3v) is 8.34. The van der Waals surface area contributed by atoms with Crippen LogP contribution in [0.3, 0.4) is 0 Å². The number of hydrogen-bond donors (Lipinski definition) is 4. The molecule has 0 unspecified atom stereocenters. The average molecular weight is 538 g/mol. The summed E-state index contributed by atoms with van der Waals surface area (Å²) < 4.78 is 40.4. The Labute approximate surface area is 222 Å². The normalized spacial score (nSPS) is 19.7. The molecule has 2 aliphatic rings. The highest BCUT2D eigenvalue weighted by Crippen LogP contribution is 2.39. The van der Waals surface area contributed by atoms with Gasteiger partial charge in [-0.05, 0) is 73.9 Å². The fourth-order valence-corrected chi connectivity index (χ4v) is 5.90. The summed E-state index contributed by atoms with van der Waals surface area (Å²) in [6, 6.07) is 15.8. The molecule has 0 aliphatic carbocycles. The highest BCUT2D eigenvalue weighted by Gasteiger charge is 2.43. The lowest BCUT2D eigenvalue weighted by atomic mass is 9.82. The molecule has 0 fully saturated rings. The quantitative estimate of drug-likeness (QED) is 0.376. The molecule has 0 saturated heterocycles. The number of carbonyl (C=O) groups excluding carboxylic acids is 1. The summed E-state index contributed by atoms with van der Waals surface area (Å²) in [7, 11) is -3.97. The van der Waals surface area contributed by atoms with E-state index in [0.29, 0.717) is 47.2 Å². The lowest BCUT2D eigenvalue weighted by molar-refractivity contribution is 0.0770. The minimum Gasteiger partial charge on any atom is -0.486 e. The van der Waals surface area contributed by atoms with Gasteiger partial charge in [0.1, 0.15) is 13.2 Å². The molecule has 4 N–H and O–H groups in total. The van der Waals surface area contributed by atoms with Crippen LogP contribution in [0.1, 0.15) is 48.3 Å². The number of nitrogens with one attached hydrogen (secondary N) is 3. The molecule has 0 radical (unpaired) electrons. The molecule has 200 valence electrons. The Bertz CT molecular complexity index is 1470. The van der Waals surface area contributed by atoms with Crippen LogP contribution in [0.2, 0.25) is 0 Å². The van der Waals surface area contributed by atoms with Gasteiger partial charge >= 0.3 is 0 Å². The summed E-state index contributed by atoms with van der Waals surface area (Å²) in [6.07, 6.45) is -0.324. The van der Waals surface area contributed by atoms with Crippen molar-refractivity contribution in [2.45, 2.75) is 49.8 Å². The van der Waals surface area contributed by atoms with Gasteiger partial charge in [-0.3, -0.25) is 4.79 Å². The van der Waals surface area contributed by atoms with Crippen LogP contribution in [-0.4, -0.2) is 44.3 Å². The number of sulfonamides is 1. The smallest absolute Gasteiger partial charge is 0.255 e. The highest BCUT2D eigenvalue weighted by atomic mass is 32.2. The number of aliphatic hydroxyl groups is 1. The SMILES string of the molecule is CCc1ccc(S(=O)(=O)N[C@@H]2c3cc(C(=O)Nc4ccc5c(c4)OCCO5)ccc3NC(C)(C)[C@H]2O)cc1. The van der Waals surface area contributed by atoms with Gasteiger partial charge in [0, 0.05) is 23.0 Å². The largest absolute Gasteiger partial charge is 0.486 e. The van der Waals surface area contributed by atoms with Gasteiger partial charge < -0.3 is 25.2 Å². The average Bonchev–Trinajstić information content (AvgIpc) is 2.91. The zero-order chi connectivity index (χ0) is 27.1. The number of anilines is 2. The van der Waals surface area contributed by atoms with Gasteiger partial charge in [-0.15, -0.1) is 0 Å². The van der Waals surface area contributed by atoms with Gasteiger partial charge in [0.2, 0.25) is 10.0 Å². The van der Waals surface area contributed by atoms with E-state index < -0.39 is 27.7 Å². The fraction of sp³-hybridized carbons (Fsp3) is 0.321. The van der Waals surface area contributed by atoms with Crippen LogP contribution in [0, 0.1) is 0 Å². The molecular formula is C28H31N3O6S. The lowest BCUT2D eigenvalue weighted by Gasteiger charge is -2.43. The van der Waals surface area contributed by atoms with E-state index in [1.807, 2.05) is 6.92 Å². The zero-order valence-electron chi connectivity index (χ0n) is 21.4. The molecule has 2 atom stereocenters. The van der Waals surface area contributed by atoms with Crippen molar-refractivity contribution in [2.75, 3.05) is 23.8 Å². The monoisotopic (exact) mass is 537 g/mol. The molecule has 9 nitrogen and oxygen atoms in total. The van der Waals surface area contributed by atoms with Crippen molar-refractivity contribution in [1.82, 2.24) is 4.72 Å². The number of rotatable bonds is 6. The molecule has 3 aromatic rings. The number of aliphatic hydroxyl groups excluding tert-OH is 1. The number of benzene rings is 3. The van der Waals surface area contributed by atoms with Crippen molar-refractivity contribution in [3.63, 3.8) is 0 Å². The third-order valence-electron chi connectivity index (χ3n) is 6.88. The maximum atomic E-state index is 13.3. The summed E-state index contributed by atoms with van der Waals surface area (Å²) >= 11 is 0. The molecule has 2 aliphatic heterocycles. The van der Waals surface area contributed by atoms with E-state index in [4.69, 9.17) is 9.47 Å². The summed E-state index contributed by atoms with van der Waals surface area (Å²) in [5.74, 6) is 0.779. The van der Waals surface area contributed by atoms with Gasteiger partial charge in [0.25, 0.3) is 5.91 Å². The second-order valence-electron chi connectivity index (χ2n) is 10.0. The second kappa shape index (κ2) is 9.94. The van der Waals surface area contributed by atoms with Crippen molar-refractivity contribution in [3.05, 3.63) is 77.4 Å². The molecule has 0 aromatic heterocycles. The molecule has 0 bridgehead atoms. The van der Waals surface area contributed by atoms with Crippen molar-refractivity contribution < 1.29 is 27.8 Å². The van der Waals surface area contributed by atoms with Crippen LogP contribution in [0.15, 0.2) is 65.6 Å². The van der Waals surface area contributed by atoms with Gasteiger partial charge in [0.15, 0.2) is 11.5 Å². The Morgan fingerprint density at radius 1 is 1.03 bits per heavy atom. The van der Waals surface area contributed by atoms with E-state index in [9.17, 15) is 18.3 Å². The Hall–Kier alpha value is -3.60. The van der Waals surface area contributed by atoms with Gasteiger partial charge in [-0.1, -0.05) is 19.1 Å². The minimum atomic E-state index is -3.97. The Morgan fingerprint density at radius 2 is 1.74 bits per heavy atom. The van der Waals surface area contributed by atoms with Crippen LogP contribution in [0.5, 0.6) is 11.5 Å². The summed E-state index contributed by atoms with van der Waals surface area (Å²) in [4.78, 5) is 13.2. The van der Waals surface area contributed by atoms with Crippen molar-refractivity contribution in [1.29, 1.82) is 0 Å². The first-order valence-corrected chi connectivity index (χ1v) is 14.0. The number of carbonyl (C=O) groups is 1. The number of aryl methyl sites for hydroxylation is 1. The Morgan fingerprint density at radius 3 is 2.45 bits per heavy atom. The predicted molar refractivity (Wildman–Crippen MR) is 144 cm³/mol. The lowest BCUT2D eigenvalue weighted by Crippen LogP contribution is -2.54. The number of ether oxygens (including phenoxy) is 2. The molecule has 5 rings (SSSR count). The molecule has 3 aromatic carbocycles. The van der Waals surface area contributed by atoms with Gasteiger partial charge in [-0.2, -0.15) is 0 Å². The molecule has 10 heteroatoms. The Kier molecular flexibility index (Phi) is 6.81. The van der Waals surface area contributed by atoms with E-state index in [0.717, 1.165) is 12.0 Å². The molecular weight excluding hydrogens is 506 g/mol. The Balaban J connectivity index is 1.44. The standard InChI is InChI=1S/C28H31N3O6S/c1-4-17-5-9-20(10-6-17)38(34,35)31-25-21-15-18(7-11-22(21)30-28(2,3)26(25)32)27(33)29-19-8-12-23-24(16-19)37-14-13-36-23/h5-12,15-16,25-26,30-32H,4,13-14H2,1-3H3,(H,29,33)/t25-,26+/m1/s1. The summed E-state index contributed by atoms with van der Waals surface area (Å²) in [6.45, 7) is 6.48. The maximum absolute atomic E-state index is 13.3. The first-order chi connectivity index (χ1) is 18.1. The van der Waals surface area contributed by atoms with Crippen LogP contribution in [0.4, 0.5) is 11.4 Å². The third kappa shape index (κ3) is 5.07. The van der Waals surface area contributed by atoms with Crippen LogP contribution >= 0.6 is 0 Å².